The highest BCUT2D eigenvalue weighted by Crippen LogP contribution is 2.14. The molecule has 0 fully saturated rings. The number of benzene rings is 1. The number of hydrogen-bond donors (Lipinski definition) is 3. The number of amides is 2. The van der Waals surface area contributed by atoms with Crippen molar-refractivity contribution < 1.29 is 14.3 Å². The molecule has 6 nitrogen and oxygen atoms in total. The summed E-state index contributed by atoms with van der Waals surface area (Å²) in [4.78, 5) is 26.9. The van der Waals surface area contributed by atoms with Crippen molar-refractivity contribution >= 4 is 22.7 Å². The molecule has 21 heavy (non-hydrogen) atoms. The number of carbonyl (C=O) groups excluding carboxylic acids is 2. The van der Waals surface area contributed by atoms with E-state index in [4.69, 9.17) is 4.74 Å². The lowest BCUT2D eigenvalue weighted by Crippen LogP contribution is -2.45. The zero-order chi connectivity index (χ0) is 15.2. The first kappa shape index (κ1) is 15.1. The van der Waals surface area contributed by atoms with Gasteiger partial charge in [-0.15, -0.1) is 0 Å². The molecule has 1 aromatic carbocycles. The van der Waals surface area contributed by atoms with Crippen LogP contribution in [0.3, 0.4) is 0 Å². The van der Waals surface area contributed by atoms with Crippen LogP contribution in [0, 0.1) is 0 Å². The maximum atomic E-state index is 12.1. The summed E-state index contributed by atoms with van der Waals surface area (Å²) in [6.07, 6.45) is 1.82. The van der Waals surface area contributed by atoms with Crippen molar-refractivity contribution in [1.29, 1.82) is 0 Å². The molecule has 112 valence electrons. The van der Waals surface area contributed by atoms with Crippen LogP contribution in [-0.4, -0.2) is 43.1 Å². The van der Waals surface area contributed by atoms with E-state index in [1.54, 1.807) is 26.2 Å². The van der Waals surface area contributed by atoms with Crippen LogP contribution >= 0.6 is 0 Å². The van der Waals surface area contributed by atoms with Crippen molar-refractivity contribution in [3.05, 3.63) is 36.0 Å². The fraction of sp³-hybridized carbons (Fsp3) is 0.333. The van der Waals surface area contributed by atoms with Gasteiger partial charge in [-0.3, -0.25) is 9.59 Å². The van der Waals surface area contributed by atoms with Crippen molar-refractivity contribution in [2.75, 3.05) is 20.3 Å². The predicted molar refractivity (Wildman–Crippen MR) is 80.1 cm³/mol. The predicted octanol–water partition coefficient (Wildman–Crippen LogP) is 1.05. The summed E-state index contributed by atoms with van der Waals surface area (Å²) in [6.45, 7) is 2.51. The lowest BCUT2D eigenvalue weighted by Gasteiger charge is -2.14. The number of rotatable bonds is 6. The summed E-state index contributed by atoms with van der Waals surface area (Å²) in [5.74, 6) is -0.512. The number of aromatic amines is 1. The highest BCUT2D eigenvalue weighted by Gasteiger charge is 2.16. The molecule has 1 atom stereocenters. The zero-order valence-corrected chi connectivity index (χ0v) is 12.1. The van der Waals surface area contributed by atoms with Gasteiger partial charge >= 0.3 is 0 Å². The van der Waals surface area contributed by atoms with Crippen LogP contribution in [0.15, 0.2) is 30.5 Å². The van der Waals surface area contributed by atoms with Crippen LogP contribution in [-0.2, 0) is 9.53 Å². The largest absolute Gasteiger partial charge is 0.383 e. The Balaban J connectivity index is 1.95. The number of carbonyl (C=O) groups is 2. The Bertz CT molecular complexity index is 636. The fourth-order valence-electron chi connectivity index (χ4n) is 1.96. The molecule has 0 saturated heterocycles. The molecule has 0 radical (unpaired) electrons. The van der Waals surface area contributed by atoms with E-state index in [1.807, 2.05) is 18.3 Å². The standard InChI is InChI=1S/C15H19N3O3/c1-10(14(19)17-7-8-21-2)18-15(20)12-4-3-11-5-6-16-13(11)9-12/h3-6,9-10,16H,7-8H2,1-2H3,(H,17,19)(H,18,20). The first-order chi connectivity index (χ1) is 10.1. The molecule has 2 aromatic rings. The number of H-pyrrole nitrogens is 1. The molecular weight excluding hydrogens is 270 g/mol. The van der Waals surface area contributed by atoms with Gasteiger partial charge < -0.3 is 20.4 Å². The molecule has 1 aromatic heterocycles. The molecule has 0 saturated carbocycles. The highest BCUT2D eigenvalue weighted by molar-refractivity contribution is 6.00. The molecule has 1 heterocycles. The van der Waals surface area contributed by atoms with Gasteiger partial charge in [0.2, 0.25) is 5.91 Å². The van der Waals surface area contributed by atoms with E-state index in [0.29, 0.717) is 18.7 Å². The average molecular weight is 289 g/mol. The minimum atomic E-state index is -0.603. The summed E-state index contributed by atoms with van der Waals surface area (Å²) in [5, 5.41) is 6.39. The van der Waals surface area contributed by atoms with Crippen LogP contribution in [0.4, 0.5) is 0 Å². The van der Waals surface area contributed by atoms with Crippen molar-refractivity contribution in [3.8, 4) is 0 Å². The van der Waals surface area contributed by atoms with Crippen LogP contribution in [0.2, 0.25) is 0 Å². The first-order valence-corrected chi connectivity index (χ1v) is 6.76. The normalized spacial score (nSPS) is 12.1. The van der Waals surface area contributed by atoms with Gasteiger partial charge in [-0.2, -0.15) is 0 Å². The second kappa shape index (κ2) is 6.90. The number of nitrogens with one attached hydrogen (secondary N) is 3. The van der Waals surface area contributed by atoms with E-state index < -0.39 is 6.04 Å². The smallest absolute Gasteiger partial charge is 0.251 e. The number of aromatic nitrogens is 1. The summed E-state index contributed by atoms with van der Waals surface area (Å²) >= 11 is 0. The van der Waals surface area contributed by atoms with Gasteiger partial charge in [0.25, 0.3) is 5.91 Å². The average Bonchev–Trinajstić information content (AvgIpc) is 2.94. The van der Waals surface area contributed by atoms with E-state index in [1.165, 1.54) is 0 Å². The Labute approximate surface area is 122 Å². The number of ether oxygens (including phenoxy) is 1. The minimum absolute atomic E-state index is 0.235. The summed E-state index contributed by atoms with van der Waals surface area (Å²) in [7, 11) is 1.56. The van der Waals surface area contributed by atoms with Gasteiger partial charge in [0.1, 0.15) is 6.04 Å². The van der Waals surface area contributed by atoms with Gasteiger partial charge in [-0.05, 0) is 30.5 Å². The van der Waals surface area contributed by atoms with Gasteiger partial charge in [-0.1, -0.05) is 6.07 Å². The molecule has 2 rings (SSSR count). The molecule has 0 aliphatic carbocycles. The molecule has 3 N–H and O–H groups in total. The Morgan fingerprint density at radius 2 is 2.14 bits per heavy atom. The third-order valence-electron chi connectivity index (χ3n) is 3.16. The summed E-state index contributed by atoms with van der Waals surface area (Å²) < 4.78 is 4.85. The second-order valence-corrected chi connectivity index (χ2v) is 4.76. The van der Waals surface area contributed by atoms with Crippen molar-refractivity contribution in [1.82, 2.24) is 15.6 Å². The third-order valence-corrected chi connectivity index (χ3v) is 3.16. The molecule has 1 unspecified atom stereocenters. The Morgan fingerprint density at radius 3 is 2.90 bits per heavy atom. The fourth-order valence-corrected chi connectivity index (χ4v) is 1.96. The minimum Gasteiger partial charge on any atom is -0.383 e. The summed E-state index contributed by atoms with van der Waals surface area (Å²) in [5.41, 5.74) is 1.40. The first-order valence-electron chi connectivity index (χ1n) is 6.76. The lowest BCUT2D eigenvalue weighted by molar-refractivity contribution is -0.122. The zero-order valence-electron chi connectivity index (χ0n) is 12.1. The molecule has 0 aliphatic heterocycles. The van der Waals surface area contributed by atoms with Gasteiger partial charge in [-0.25, -0.2) is 0 Å². The van der Waals surface area contributed by atoms with Crippen molar-refractivity contribution in [2.45, 2.75) is 13.0 Å². The summed E-state index contributed by atoms with van der Waals surface area (Å²) in [6, 6.07) is 6.70. The van der Waals surface area contributed by atoms with Crippen molar-refractivity contribution in [2.24, 2.45) is 0 Å². The van der Waals surface area contributed by atoms with E-state index in [0.717, 1.165) is 10.9 Å². The molecule has 0 bridgehead atoms. The molecule has 0 aliphatic rings. The topological polar surface area (TPSA) is 83.2 Å². The number of methoxy groups -OCH3 is 1. The highest BCUT2D eigenvalue weighted by atomic mass is 16.5. The van der Waals surface area contributed by atoms with E-state index in [2.05, 4.69) is 15.6 Å². The molecule has 6 heteroatoms. The quantitative estimate of drug-likeness (QED) is 0.695. The molecular formula is C15H19N3O3. The van der Waals surface area contributed by atoms with E-state index in [9.17, 15) is 9.59 Å². The van der Waals surface area contributed by atoms with E-state index >= 15 is 0 Å². The monoisotopic (exact) mass is 289 g/mol. The Morgan fingerprint density at radius 1 is 1.33 bits per heavy atom. The van der Waals surface area contributed by atoms with Gasteiger partial charge in [0.15, 0.2) is 0 Å². The lowest BCUT2D eigenvalue weighted by atomic mass is 10.1. The van der Waals surface area contributed by atoms with Crippen LogP contribution in [0.5, 0.6) is 0 Å². The molecule has 2 amide bonds. The van der Waals surface area contributed by atoms with Crippen LogP contribution < -0.4 is 10.6 Å². The Hall–Kier alpha value is -2.34. The number of fused-ring (bicyclic) bond motifs is 1. The van der Waals surface area contributed by atoms with Crippen LogP contribution in [0.25, 0.3) is 10.9 Å². The Kier molecular flexibility index (Phi) is 4.94. The van der Waals surface area contributed by atoms with Gasteiger partial charge in [0, 0.05) is 30.9 Å². The van der Waals surface area contributed by atoms with Crippen molar-refractivity contribution in [3.63, 3.8) is 0 Å². The SMILES string of the molecule is COCCNC(=O)C(C)NC(=O)c1ccc2cc[nH]c2c1. The third kappa shape index (κ3) is 3.82. The van der Waals surface area contributed by atoms with Gasteiger partial charge in [0.05, 0.1) is 6.61 Å². The molecule has 0 spiro atoms. The maximum absolute atomic E-state index is 12.1. The second-order valence-electron chi connectivity index (χ2n) is 4.76. The maximum Gasteiger partial charge on any atom is 0.251 e. The van der Waals surface area contributed by atoms with Crippen LogP contribution in [0.1, 0.15) is 17.3 Å². The van der Waals surface area contributed by atoms with E-state index in [-0.39, 0.29) is 11.8 Å². The number of hydrogen-bond acceptors (Lipinski definition) is 3.